The summed E-state index contributed by atoms with van der Waals surface area (Å²) in [6.07, 6.45) is 2.31. The summed E-state index contributed by atoms with van der Waals surface area (Å²) < 4.78 is 0. The molecule has 0 fully saturated rings. The van der Waals surface area contributed by atoms with Gasteiger partial charge < -0.3 is 0 Å². The fourth-order valence-electron chi connectivity index (χ4n) is 3.64. The first kappa shape index (κ1) is 17.0. The van der Waals surface area contributed by atoms with Crippen molar-refractivity contribution in [3.8, 4) is 33.4 Å². The standard InChI is InChI=1S/C25H17.Ti/c1-3-7-18(8-4-1)20-11-13-24-22(15-20)17-23-16-21(12-14-25(23)24)19-9-5-2-6-10-19;/h1-17H;. The smallest absolute Gasteiger partial charge is 0.0212 e. The molecule has 1 aliphatic rings. The van der Waals surface area contributed by atoms with Crippen molar-refractivity contribution in [1.29, 1.82) is 0 Å². The molecule has 5 rings (SSSR count). The molecule has 1 radical (unpaired) electrons. The van der Waals surface area contributed by atoms with E-state index in [9.17, 15) is 0 Å². The van der Waals surface area contributed by atoms with Gasteiger partial charge in [-0.1, -0.05) is 84.9 Å². The van der Waals surface area contributed by atoms with Crippen LogP contribution in [0.15, 0.2) is 97.1 Å². The van der Waals surface area contributed by atoms with Crippen molar-refractivity contribution in [2.24, 2.45) is 0 Å². The van der Waals surface area contributed by atoms with Crippen LogP contribution in [0, 0.1) is 6.42 Å². The van der Waals surface area contributed by atoms with Gasteiger partial charge in [-0.25, -0.2) is 0 Å². The predicted octanol–water partition coefficient (Wildman–Crippen LogP) is 6.60. The maximum Gasteiger partial charge on any atom is 0.0212 e. The van der Waals surface area contributed by atoms with Gasteiger partial charge in [0, 0.05) is 28.1 Å². The molecule has 0 saturated heterocycles. The van der Waals surface area contributed by atoms with Crippen molar-refractivity contribution in [3.05, 3.63) is 115 Å². The average molecular weight is 365 g/mol. The van der Waals surface area contributed by atoms with Gasteiger partial charge in [0.1, 0.15) is 0 Å². The normalized spacial score (nSPS) is 11.4. The van der Waals surface area contributed by atoms with Gasteiger partial charge in [-0.15, -0.1) is 0 Å². The molecule has 0 saturated carbocycles. The molecule has 0 atom stereocenters. The van der Waals surface area contributed by atoms with Crippen LogP contribution in [0.4, 0.5) is 0 Å². The van der Waals surface area contributed by atoms with Crippen molar-refractivity contribution < 1.29 is 21.7 Å². The van der Waals surface area contributed by atoms with Gasteiger partial charge in [0.25, 0.3) is 0 Å². The molecular weight excluding hydrogens is 348 g/mol. The molecule has 0 N–H and O–H groups in total. The van der Waals surface area contributed by atoms with E-state index in [1.165, 1.54) is 44.5 Å². The van der Waals surface area contributed by atoms with Gasteiger partial charge in [-0.3, -0.25) is 0 Å². The van der Waals surface area contributed by atoms with Crippen molar-refractivity contribution in [3.63, 3.8) is 0 Å². The summed E-state index contributed by atoms with van der Waals surface area (Å²) in [5.41, 5.74) is 10.3. The van der Waals surface area contributed by atoms with E-state index >= 15 is 0 Å². The monoisotopic (exact) mass is 365 g/mol. The van der Waals surface area contributed by atoms with Crippen LogP contribution in [0.2, 0.25) is 0 Å². The minimum atomic E-state index is 0. The first-order chi connectivity index (χ1) is 12.4. The maximum absolute atomic E-state index is 2.31. The molecule has 0 bridgehead atoms. The Labute approximate surface area is 169 Å². The van der Waals surface area contributed by atoms with Crippen LogP contribution in [0.25, 0.3) is 33.4 Å². The number of rotatable bonds is 2. The van der Waals surface area contributed by atoms with Crippen LogP contribution in [0.3, 0.4) is 0 Å². The Morgan fingerprint density at radius 1 is 0.385 bits per heavy atom. The summed E-state index contributed by atoms with van der Waals surface area (Å²) in [6.45, 7) is 0. The Hall–Kier alpha value is -2.41. The molecule has 0 amide bonds. The third-order valence-corrected chi connectivity index (χ3v) is 4.92. The van der Waals surface area contributed by atoms with E-state index in [-0.39, 0.29) is 21.7 Å². The van der Waals surface area contributed by atoms with Gasteiger partial charge in [0.05, 0.1) is 0 Å². The van der Waals surface area contributed by atoms with E-state index in [1.54, 1.807) is 0 Å². The maximum atomic E-state index is 2.31. The number of hydrogen-bond acceptors (Lipinski definition) is 0. The Morgan fingerprint density at radius 3 is 1.23 bits per heavy atom. The summed E-state index contributed by atoms with van der Waals surface area (Å²) >= 11 is 0. The molecule has 0 heterocycles. The average Bonchev–Trinajstić information content (AvgIpc) is 3.06. The first-order valence-electron chi connectivity index (χ1n) is 8.62. The summed E-state index contributed by atoms with van der Waals surface area (Å²) in [5.74, 6) is 0. The van der Waals surface area contributed by atoms with Crippen LogP contribution in [-0.2, 0) is 21.7 Å². The predicted molar refractivity (Wildman–Crippen MR) is 105 cm³/mol. The first-order valence-corrected chi connectivity index (χ1v) is 8.62. The number of hydrogen-bond donors (Lipinski definition) is 0. The Balaban J connectivity index is 0.00000168. The third kappa shape index (κ3) is 2.96. The number of benzene rings is 4. The molecule has 1 aliphatic carbocycles. The molecule has 1 heteroatoms. The van der Waals surface area contributed by atoms with Crippen LogP contribution in [-0.4, -0.2) is 0 Å². The topological polar surface area (TPSA) is 0 Å². The molecule has 0 nitrogen and oxygen atoms in total. The van der Waals surface area contributed by atoms with E-state index in [2.05, 4.69) is 103 Å². The van der Waals surface area contributed by atoms with Gasteiger partial charge in [0.15, 0.2) is 0 Å². The second-order valence-corrected chi connectivity index (χ2v) is 6.48. The zero-order valence-corrected chi connectivity index (χ0v) is 15.9. The van der Waals surface area contributed by atoms with Crippen molar-refractivity contribution in [1.82, 2.24) is 0 Å². The van der Waals surface area contributed by atoms with E-state index < -0.39 is 0 Å². The molecule has 4 aromatic carbocycles. The van der Waals surface area contributed by atoms with Crippen LogP contribution in [0.5, 0.6) is 0 Å². The van der Waals surface area contributed by atoms with Crippen molar-refractivity contribution in [2.75, 3.05) is 0 Å². The molecule has 26 heavy (non-hydrogen) atoms. The summed E-state index contributed by atoms with van der Waals surface area (Å²) in [4.78, 5) is 0. The molecule has 0 aromatic heterocycles. The minimum absolute atomic E-state index is 0. The Kier molecular flexibility index (Phi) is 4.63. The second kappa shape index (κ2) is 7.07. The van der Waals surface area contributed by atoms with Crippen LogP contribution in [0.1, 0.15) is 11.1 Å². The van der Waals surface area contributed by atoms with Crippen molar-refractivity contribution >= 4 is 0 Å². The second-order valence-electron chi connectivity index (χ2n) is 6.48. The van der Waals surface area contributed by atoms with Gasteiger partial charge in [-0.05, 0) is 56.6 Å². The number of fused-ring (bicyclic) bond motifs is 3. The minimum Gasteiger partial charge on any atom is -0.0622 e. The third-order valence-electron chi connectivity index (χ3n) is 4.92. The quantitative estimate of drug-likeness (QED) is 0.309. The summed E-state index contributed by atoms with van der Waals surface area (Å²) in [7, 11) is 0. The van der Waals surface area contributed by atoms with Crippen molar-refractivity contribution in [2.45, 2.75) is 0 Å². The fraction of sp³-hybridized carbons (Fsp3) is 0. The molecule has 0 aliphatic heterocycles. The van der Waals surface area contributed by atoms with Gasteiger partial charge >= 0.3 is 0 Å². The zero-order chi connectivity index (χ0) is 16.6. The Bertz CT molecular complexity index is 963. The molecular formula is C25H17Ti. The van der Waals surface area contributed by atoms with Gasteiger partial charge in [0.2, 0.25) is 0 Å². The van der Waals surface area contributed by atoms with Gasteiger partial charge in [-0.2, -0.15) is 0 Å². The molecule has 4 aromatic rings. The molecule has 0 unspecified atom stereocenters. The fourth-order valence-corrected chi connectivity index (χ4v) is 3.64. The van der Waals surface area contributed by atoms with Crippen LogP contribution >= 0.6 is 0 Å². The summed E-state index contributed by atoms with van der Waals surface area (Å²) in [5, 5.41) is 0. The van der Waals surface area contributed by atoms with Crippen LogP contribution < -0.4 is 0 Å². The van der Waals surface area contributed by atoms with E-state index in [1.807, 2.05) is 0 Å². The summed E-state index contributed by atoms with van der Waals surface area (Å²) in [6, 6.07) is 34.7. The largest absolute Gasteiger partial charge is 0.0622 e. The molecule has 121 valence electrons. The Morgan fingerprint density at radius 2 is 0.808 bits per heavy atom. The SMILES string of the molecule is [CH]1c2cc(-c3ccccc3)ccc2-c2ccc(-c3ccccc3)cc21.[Ti]. The van der Waals surface area contributed by atoms with E-state index in [4.69, 9.17) is 0 Å². The van der Waals surface area contributed by atoms with E-state index in [0.717, 1.165) is 0 Å². The van der Waals surface area contributed by atoms with E-state index in [0.29, 0.717) is 0 Å². The zero-order valence-electron chi connectivity index (χ0n) is 14.3. The molecule has 0 spiro atoms.